The molecule has 0 bridgehead atoms. The normalized spacial score (nSPS) is 22.7. The minimum atomic E-state index is -2.51. The number of aromatic nitrogens is 1. The van der Waals surface area contributed by atoms with E-state index in [9.17, 15) is 8.78 Å². The minimum absolute atomic E-state index is 0.0633. The smallest absolute Gasteiger partial charge is 0.251 e. The summed E-state index contributed by atoms with van der Waals surface area (Å²) in [5.41, 5.74) is 2.01. The Hall–Kier alpha value is -0.750. The Balaban J connectivity index is 1.77. The fourth-order valence-electron chi connectivity index (χ4n) is 3.10. The summed E-state index contributed by atoms with van der Waals surface area (Å²) in [5, 5.41) is 0. The highest BCUT2D eigenvalue weighted by Crippen LogP contribution is 2.32. The summed E-state index contributed by atoms with van der Waals surface area (Å²) >= 11 is 3.42. The number of alkyl halides is 2. The Bertz CT molecular complexity index is 494. The van der Waals surface area contributed by atoms with Crippen molar-refractivity contribution in [3.8, 4) is 0 Å². The van der Waals surface area contributed by atoms with Gasteiger partial charge in [0.1, 0.15) is 4.60 Å². The first-order valence-electron chi connectivity index (χ1n) is 7.54. The largest absolute Gasteiger partial charge is 0.370 e. The number of anilines is 1. The zero-order valence-electron chi connectivity index (χ0n) is 12.0. The van der Waals surface area contributed by atoms with Gasteiger partial charge in [-0.1, -0.05) is 0 Å². The average Bonchev–Trinajstić information content (AvgIpc) is 2.93. The molecule has 2 fully saturated rings. The lowest BCUT2D eigenvalue weighted by molar-refractivity contribution is -0.0221. The molecule has 116 valence electrons. The highest BCUT2D eigenvalue weighted by molar-refractivity contribution is 9.10. The van der Waals surface area contributed by atoms with E-state index in [1.807, 2.05) is 12.1 Å². The van der Waals surface area contributed by atoms with Crippen LogP contribution in [0.2, 0.25) is 0 Å². The third kappa shape index (κ3) is 3.72. The quantitative estimate of drug-likeness (QED) is 0.767. The lowest BCUT2D eigenvalue weighted by atomic mass is 10.1. The van der Waals surface area contributed by atoms with Crippen LogP contribution in [-0.4, -0.2) is 42.0 Å². The molecule has 2 saturated heterocycles. The molecule has 0 amide bonds. The predicted octanol–water partition coefficient (Wildman–Crippen LogP) is 3.68. The number of hydrogen-bond donors (Lipinski definition) is 0. The molecule has 21 heavy (non-hydrogen) atoms. The van der Waals surface area contributed by atoms with Gasteiger partial charge in [-0.3, -0.25) is 4.90 Å². The highest BCUT2D eigenvalue weighted by atomic mass is 79.9. The van der Waals surface area contributed by atoms with Crippen LogP contribution in [0.1, 0.15) is 31.4 Å². The number of hydrogen-bond acceptors (Lipinski definition) is 3. The van der Waals surface area contributed by atoms with E-state index in [-0.39, 0.29) is 12.8 Å². The van der Waals surface area contributed by atoms with Gasteiger partial charge in [-0.2, -0.15) is 0 Å². The summed E-state index contributed by atoms with van der Waals surface area (Å²) < 4.78 is 27.5. The zero-order chi connectivity index (χ0) is 14.9. The van der Waals surface area contributed by atoms with E-state index in [2.05, 4.69) is 30.7 Å². The molecule has 0 spiro atoms. The van der Waals surface area contributed by atoms with Crippen molar-refractivity contribution in [3.63, 3.8) is 0 Å². The van der Waals surface area contributed by atoms with Gasteiger partial charge in [0.25, 0.3) is 5.92 Å². The summed E-state index contributed by atoms with van der Waals surface area (Å²) in [4.78, 5) is 9.04. The van der Waals surface area contributed by atoms with Crippen LogP contribution in [0, 0.1) is 0 Å². The maximum Gasteiger partial charge on any atom is 0.251 e. The summed E-state index contributed by atoms with van der Waals surface area (Å²) in [6.07, 6.45) is 2.34. The molecule has 0 aliphatic carbocycles. The molecule has 6 heteroatoms. The van der Waals surface area contributed by atoms with E-state index in [4.69, 9.17) is 0 Å². The second kappa shape index (κ2) is 6.16. The van der Waals surface area contributed by atoms with Crippen LogP contribution in [0.15, 0.2) is 16.7 Å². The summed E-state index contributed by atoms with van der Waals surface area (Å²) in [7, 11) is 0. The molecule has 0 aromatic carbocycles. The van der Waals surface area contributed by atoms with Crippen molar-refractivity contribution >= 4 is 21.6 Å². The van der Waals surface area contributed by atoms with Gasteiger partial charge >= 0.3 is 0 Å². The monoisotopic (exact) mass is 359 g/mol. The van der Waals surface area contributed by atoms with Crippen molar-refractivity contribution in [2.45, 2.75) is 38.2 Å². The van der Waals surface area contributed by atoms with E-state index in [0.29, 0.717) is 13.1 Å². The first kappa shape index (κ1) is 15.2. The molecule has 2 aliphatic heterocycles. The third-order valence-electron chi connectivity index (χ3n) is 4.32. The van der Waals surface area contributed by atoms with Crippen LogP contribution in [0.4, 0.5) is 14.5 Å². The van der Waals surface area contributed by atoms with Crippen molar-refractivity contribution in [1.29, 1.82) is 0 Å². The zero-order valence-corrected chi connectivity index (χ0v) is 13.6. The SMILES string of the molecule is FC1(F)CCN(c2ccc(Br)nc2CN2CCCC2)CC1. The summed E-state index contributed by atoms with van der Waals surface area (Å²) in [6.45, 7) is 3.83. The van der Waals surface area contributed by atoms with E-state index in [1.165, 1.54) is 12.8 Å². The first-order valence-corrected chi connectivity index (χ1v) is 8.33. The van der Waals surface area contributed by atoms with Crippen molar-refractivity contribution in [3.05, 3.63) is 22.4 Å². The first-order chi connectivity index (χ1) is 10.0. The van der Waals surface area contributed by atoms with Gasteiger partial charge in [0, 0.05) is 32.5 Å². The van der Waals surface area contributed by atoms with Gasteiger partial charge in [0.2, 0.25) is 0 Å². The van der Waals surface area contributed by atoms with Gasteiger partial charge in [0.15, 0.2) is 0 Å². The Labute approximate surface area is 132 Å². The maximum atomic E-state index is 13.3. The fraction of sp³-hybridized carbons (Fsp3) is 0.667. The molecule has 0 saturated carbocycles. The van der Waals surface area contributed by atoms with Crippen LogP contribution < -0.4 is 4.90 Å². The fourth-order valence-corrected chi connectivity index (χ4v) is 3.45. The number of likely N-dealkylation sites (tertiary alicyclic amines) is 1. The topological polar surface area (TPSA) is 19.4 Å². The van der Waals surface area contributed by atoms with Crippen LogP contribution in [0.5, 0.6) is 0 Å². The highest BCUT2D eigenvalue weighted by Gasteiger charge is 2.34. The van der Waals surface area contributed by atoms with Crippen LogP contribution in [0.3, 0.4) is 0 Å². The van der Waals surface area contributed by atoms with E-state index in [1.54, 1.807) is 0 Å². The molecular formula is C15H20BrF2N3. The number of piperidine rings is 1. The number of nitrogens with zero attached hydrogens (tertiary/aromatic N) is 3. The molecule has 3 nitrogen and oxygen atoms in total. The molecular weight excluding hydrogens is 340 g/mol. The lowest BCUT2D eigenvalue weighted by Crippen LogP contribution is -2.40. The number of rotatable bonds is 3. The number of halogens is 3. The van der Waals surface area contributed by atoms with Crippen molar-refractivity contribution in [2.75, 3.05) is 31.1 Å². The second-order valence-corrected chi connectivity index (χ2v) is 6.74. The van der Waals surface area contributed by atoms with Crippen LogP contribution in [-0.2, 0) is 6.54 Å². The van der Waals surface area contributed by atoms with Crippen LogP contribution in [0.25, 0.3) is 0 Å². The Morgan fingerprint density at radius 1 is 1.10 bits per heavy atom. The molecule has 0 atom stereocenters. The molecule has 2 aliphatic rings. The Kier molecular flexibility index (Phi) is 4.45. The van der Waals surface area contributed by atoms with E-state index >= 15 is 0 Å². The van der Waals surface area contributed by atoms with Gasteiger partial charge < -0.3 is 4.90 Å². The molecule has 0 N–H and O–H groups in total. The number of pyridine rings is 1. The van der Waals surface area contributed by atoms with Gasteiger partial charge in [-0.15, -0.1) is 0 Å². The molecule has 0 unspecified atom stereocenters. The van der Waals surface area contributed by atoms with Crippen molar-refractivity contribution < 1.29 is 8.78 Å². The molecule has 1 aromatic rings. The Morgan fingerprint density at radius 2 is 1.76 bits per heavy atom. The maximum absolute atomic E-state index is 13.3. The Morgan fingerprint density at radius 3 is 2.43 bits per heavy atom. The predicted molar refractivity (Wildman–Crippen MR) is 82.8 cm³/mol. The van der Waals surface area contributed by atoms with Gasteiger partial charge in [-0.25, -0.2) is 13.8 Å². The van der Waals surface area contributed by atoms with Crippen LogP contribution >= 0.6 is 15.9 Å². The van der Waals surface area contributed by atoms with E-state index in [0.717, 1.165) is 35.6 Å². The molecule has 3 rings (SSSR count). The van der Waals surface area contributed by atoms with Crippen molar-refractivity contribution in [2.24, 2.45) is 0 Å². The molecule has 3 heterocycles. The summed E-state index contributed by atoms with van der Waals surface area (Å²) in [5.74, 6) is -2.51. The second-order valence-electron chi connectivity index (χ2n) is 5.93. The third-order valence-corrected chi connectivity index (χ3v) is 4.77. The average molecular weight is 360 g/mol. The minimum Gasteiger partial charge on any atom is -0.370 e. The van der Waals surface area contributed by atoms with Crippen molar-refractivity contribution in [1.82, 2.24) is 9.88 Å². The standard InChI is InChI=1S/C15H20BrF2N3/c16-14-4-3-13(21-9-5-15(17,18)6-10-21)12(19-14)11-20-7-1-2-8-20/h3-4H,1-2,5-11H2. The summed E-state index contributed by atoms with van der Waals surface area (Å²) in [6, 6.07) is 3.90. The molecule has 1 aromatic heterocycles. The lowest BCUT2D eigenvalue weighted by Gasteiger charge is -2.34. The molecule has 0 radical (unpaired) electrons. The van der Waals surface area contributed by atoms with Gasteiger partial charge in [-0.05, 0) is 54.0 Å². The van der Waals surface area contributed by atoms with Gasteiger partial charge in [0.05, 0.1) is 11.4 Å². The van der Waals surface area contributed by atoms with E-state index < -0.39 is 5.92 Å².